The van der Waals surface area contributed by atoms with Gasteiger partial charge in [0.1, 0.15) is 0 Å². The van der Waals surface area contributed by atoms with Crippen LogP contribution in [0, 0.1) is 0 Å². The zero-order valence-corrected chi connectivity index (χ0v) is 13.7. The van der Waals surface area contributed by atoms with Crippen LogP contribution in [-0.2, 0) is 19.5 Å². The first-order chi connectivity index (χ1) is 10.7. The van der Waals surface area contributed by atoms with E-state index < -0.39 is 0 Å². The standard InChI is InChI=1S/C18H20ClNO2/c1-21-17-9-13-7-8-20(12-15(13)10-18(17)22-2)11-14-5-3-4-6-16(14)19/h3-6,9-10H,7-8,11-12H2,1-2H3. The second kappa shape index (κ2) is 6.59. The maximum absolute atomic E-state index is 6.27. The van der Waals surface area contributed by atoms with Crippen LogP contribution in [0.1, 0.15) is 16.7 Å². The lowest BCUT2D eigenvalue weighted by Gasteiger charge is -2.29. The Bertz CT molecular complexity index is 672. The van der Waals surface area contributed by atoms with Crippen LogP contribution in [-0.4, -0.2) is 25.7 Å². The molecule has 2 aromatic carbocycles. The molecular formula is C18H20ClNO2. The SMILES string of the molecule is COc1cc2c(cc1OC)CN(Cc1ccccc1Cl)CC2. The molecule has 0 fully saturated rings. The van der Waals surface area contributed by atoms with Gasteiger partial charge < -0.3 is 9.47 Å². The molecule has 0 N–H and O–H groups in total. The Morgan fingerprint density at radius 2 is 1.73 bits per heavy atom. The van der Waals surface area contributed by atoms with Crippen LogP contribution >= 0.6 is 11.6 Å². The van der Waals surface area contributed by atoms with E-state index in [-0.39, 0.29) is 0 Å². The van der Waals surface area contributed by atoms with Crippen molar-refractivity contribution in [2.45, 2.75) is 19.5 Å². The minimum absolute atomic E-state index is 0.792. The van der Waals surface area contributed by atoms with E-state index in [2.05, 4.69) is 23.1 Å². The minimum atomic E-state index is 0.792. The van der Waals surface area contributed by atoms with Gasteiger partial charge in [-0.25, -0.2) is 0 Å². The first-order valence-electron chi connectivity index (χ1n) is 7.41. The molecule has 2 aromatic rings. The smallest absolute Gasteiger partial charge is 0.161 e. The van der Waals surface area contributed by atoms with Crippen molar-refractivity contribution < 1.29 is 9.47 Å². The van der Waals surface area contributed by atoms with Gasteiger partial charge in [-0.1, -0.05) is 29.8 Å². The summed E-state index contributed by atoms with van der Waals surface area (Å²) in [6.45, 7) is 2.79. The molecule has 0 saturated heterocycles. The molecule has 0 amide bonds. The van der Waals surface area contributed by atoms with Crippen LogP contribution in [0.5, 0.6) is 11.5 Å². The molecule has 4 heteroatoms. The summed E-state index contributed by atoms with van der Waals surface area (Å²) in [5.74, 6) is 1.60. The zero-order chi connectivity index (χ0) is 15.5. The van der Waals surface area contributed by atoms with Crippen LogP contribution in [0.3, 0.4) is 0 Å². The van der Waals surface area contributed by atoms with E-state index in [1.165, 1.54) is 16.7 Å². The van der Waals surface area contributed by atoms with E-state index in [0.717, 1.165) is 42.6 Å². The number of rotatable bonds is 4. The highest BCUT2D eigenvalue weighted by Gasteiger charge is 2.20. The lowest BCUT2D eigenvalue weighted by atomic mass is 9.98. The van der Waals surface area contributed by atoms with Crippen molar-refractivity contribution in [1.29, 1.82) is 0 Å². The van der Waals surface area contributed by atoms with E-state index in [1.54, 1.807) is 14.2 Å². The van der Waals surface area contributed by atoms with E-state index in [1.807, 2.05) is 18.2 Å². The molecule has 0 unspecified atom stereocenters. The molecule has 3 nitrogen and oxygen atoms in total. The molecule has 116 valence electrons. The average Bonchev–Trinajstić information content (AvgIpc) is 2.55. The Morgan fingerprint density at radius 1 is 1.05 bits per heavy atom. The third-order valence-electron chi connectivity index (χ3n) is 4.15. The molecule has 1 aliphatic heterocycles. The van der Waals surface area contributed by atoms with Gasteiger partial charge in [-0.2, -0.15) is 0 Å². The minimum Gasteiger partial charge on any atom is -0.493 e. The quantitative estimate of drug-likeness (QED) is 0.853. The van der Waals surface area contributed by atoms with Gasteiger partial charge in [0.25, 0.3) is 0 Å². The fraction of sp³-hybridized carbons (Fsp3) is 0.333. The summed E-state index contributed by atoms with van der Waals surface area (Å²) in [7, 11) is 3.35. The zero-order valence-electron chi connectivity index (χ0n) is 12.9. The summed E-state index contributed by atoms with van der Waals surface area (Å²) in [5, 5.41) is 0.834. The highest BCUT2D eigenvalue weighted by molar-refractivity contribution is 6.31. The van der Waals surface area contributed by atoms with E-state index >= 15 is 0 Å². The van der Waals surface area contributed by atoms with Gasteiger partial charge in [0.2, 0.25) is 0 Å². The Balaban J connectivity index is 1.80. The van der Waals surface area contributed by atoms with Gasteiger partial charge in [-0.3, -0.25) is 4.90 Å². The highest BCUT2D eigenvalue weighted by atomic mass is 35.5. The highest BCUT2D eigenvalue weighted by Crippen LogP contribution is 2.33. The summed E-state index contributed by atoms with van der Waals surface area (Å²) >= 11 is 6.27. The molecular weight excluding hydrogens is 298 g/mol. The Morgan fingerprint density at radius 3 is 2.41 bits per heavy atom. The predicted octanol–water partition coefficient (Wildman–Crippen LogP) is 3.92. The molecule has 22 heavy (non-hydrogen) atoms. The lowest BCUT2D eigenvalue weighted by molar-refractivity contribution is 0.244. The summed E-state index contributed by atoms with van der Waals surface area (Å²) in [6, 6.07) is 12.2. The van der Waals surface area contributed by atoms with E-state index in [4.69, 9.17) is 21.1 Å². The molecule has 0 radical (unpaired) electrons. The van der Waals surface area contributed by atoms with E-state index in [9.17, 15) is 0 Å². The van der Waals surface area contributed by atoms with Crippen molar-refractivity contribution in [3.05, 3.63) is 58.1 Å². The van der Waals surface area contributed by atoms with Crippen molar-refractivity contribution in [2.24, 2.45) is 0 Å². The van der Waals surface area contributed by atoms with Gasteiger partial charge in [-0.05, 0) is 41.3 Å². The van der Waals surface area contributed by atoms with Crippen LogP contribution in [0.25, 0.3) is 0 Å². The molecule has 0 aromatic heterocycles. The second-order valence-electron chi connectivity index (χ2n) is 5.53. The number of nitrogens with zero attached hydrogens (tertiary/aromatic N) is 1. The first-order valence-corrected chi connectivity index (χ1v) is 7.78. The third-order valence-corrected chi connectivity index (χ3v) is 4.52. The number of ether oxygens (including phenoxy) is 2. The van der Waals surface area contributed by atoms with Crippen LogP contribution in [0.4, 0.5) is 0 Å². The summed E-state index contributed by atoms with van der Waals surface area (Å²) in [6.07, 6.45) is 1.01. The Kier molecular flexibility index (Phi) is 4.55. The molecule has 0 bridgehead atoms. The fourth-order valence-corrected chi connectivity index (χ4v) is 3.14. The molecule has 3 rings (SSSR count). The number of fused-ring (bicyclic) bond motifs is 1. The summed E-state index contributed by atoms with van der Waals surface area (Å²) in [4.78, 5) is 2.41. The van der Waals surface area contributed by atoms with Gasteiger partial charge >= 0.3 is 0 Å². The van der Waals surface area contributed by atoms with Gasteiger partial charge in [-0.15, -0.1) is 0 Å². The maximum Gasteiger partial charge on any atom is 0.161 e. The summed E-state index contributed by atoms with van der Waals surface area (Å²) < 4.78 is 10.8. The number of hydrogen-bond acceptors (Lipinski definition) is 3. The average molecular weight is 318 g/mol. The molecule has 1 aliphatic rings. The molecule has 0 atom stereocenters. The van der Waals surface area contributed by atoms with Crippen molar-refractivity contribution in [3.8, 4) is 11.5 Å². The van der Waals surface area contributed by atoms with Crippen molar-refractivity contribution in [1.82, 2.24) is 4.90 Å². The first kappa shape index (κ1) is 15.2. The van der Waals surface area contributed by atoms with Gasteiger partial charge in [0.05, 0.1) is 14.2 Å². The molecule has 0 spiro atoms. The number of benzene rings is 2. The maximum atomic E-state index is 6.27. The van der Waals surface area contributed by atoms with Crippen LogP contribution < -0.4 is 9.47 Å². The van der Waals surface area contributed by atoms with Crippen molar-refractivity contribution in [3.63, 3.8) is 0 Å². The van der Waals surface area contributed by atoms with Crippen molar-refractivity contribution >= 4 is 11.6 Å². The predicted molar refractivity (Wildman–Crippen MR) is 88.8 cm³/mol. The normalized spacial score (nSPS) is 14.5. The van der Waals surface area contributed by atoms with E-state index in [0.29, 0.717) is 0 Å². The third kappa shape index (κ3) is 3.06. The number of methoxy groups -OCH3 is 2. The Labute approximate surface area is 136 Å². The molecule has 0 saturated carbocycles. The van der Waals surface area contributed by atoms with Crippen LogP contribution in [0.15, 0.2) is 36.4 Å². The summed E-state index contributed by atoms with van der Waals surface area (Å²) in [5.41, 5.74) is 3.82. The fourth-order valence-electron chi connectivity index (χ4n) is 2.94. The largest absolute Gasteiger partial charge is 0.493 e. The molecule has 0 aliphatic carbocycles. The molecule has 1 heterocycles. The number of hydrogen-bond donors (Lipinski definition) is 0. The number of halogens is 1. The van der Waals surface area contributed by atoms with Gasteiger partial charge in [0, 0.05) is 24.7 Å². The van der Waals surface area contributed by atoms with Crippen LogP contribution in [0.2, 0.25) is 5.02 Å². The Hall–Kier alpha value is -1.71. The van der Waals surface area contributed by atoms with Gasteiger partial charge in [0.15, 0.2) is 11.5 Å². The lowest BCUT2D eigenvalue weighted by Crippen LogP contribution is -2.30. The topological polar surface area (TPSA) is 21.7 Å². The van der Waals surface area contributed by atoms with Crippen molar-refractivity contribution in [2.75, 3.05) is 20.8 Å². The monoisotopic (exact) mass is 317 g/mol. The second-order valence-corrected chi connectivity index (χ2v) is 5.94.